The van der Waals surface area contributed by atoms with E-state index in [1.54, 1.807) is 0 Å². The highest BCUT2D eigenvalue weighted by Crippen LogP contribution is 2.40. The summed E-state index contributed by atoms with van der Waals surface area (Å²) in [4.78, 5) is 25.4. The fourth-order valence-corrected chi connectivity index (χ4v) is 4.19. The average molecular weight is 589 g/mol. The molecule has 4 rings (SSSR count). The molecular formula is C25H23Cl2FN8O4. The van der Waals surface area contributed by atoms with Gasteiger partial charge in [-0.15, -0.1) is 5.11 Å². The largest absolute Gasteiger partial charge is 0.366 e. The van der Waals surface area contributed by atoms with Crippen LogP contribution in [-0.2, 0) is 6.54 Å². The Morgan fingerprint density at radius 2 is 1.85 bits per heavy atom. The van der Waals surface area contributed by atoms with Crippen LogP contribution in [0.4, 0.5) is 27.3 Å². The number of rotatable bonds is 8. The highest BCUT2D eigenvalue weighted by molar-refractivity contribution is 6.36. The molecule has 0 fully saturated rings. The number of non-ortho nitro benzene ring substituents is 1. The molecule has 0 aliphatic carbocycles. The predicted octanol–water partition coefficient (Wildman–Crippen LogP) is 7.79. The summed E-state index contributed by atoms with van der Waals surface area (Å²) in [6.45, 7) is 8.09. The molecule has 0 saturated heterocycles. The monoisotopic (exact) mass is 588 g/mol. The number of fused-ring (bicyclic) bond motifs is 1. The fourth-order valence-electron chi connectivity index (χ4n) is 3.65. The minimum atomic E-state index is -0.769. The first-order chi connectivity index (χ1) is 18.8. The van der Waals surface area contributed by atoms with Crippen molar-refractivity contribution in [3.63, 3.8) is 0 Å². The van der Waals surface area contributed by atoms with Crippen molar-refractivity contribution in [2.45, 2.75) is 40.3 Å². The number of aromatic nitrogens is 3. The average Bonchev–Trinajstić information content (AvgIpc) is 3.26. The van der Waals surface area contributed by atoms with Gasteiger partial charge in [0.1, 0.15) is 16.8 Å². The van der Waals surface area contributed by atoms with Crippen molar-refractivity contribution in [2.24, 2.45) is 15.6 Å². The molecule has 1 atom stereocenters. The SMILES string of the molecule is CC(Nc1c(-c2ccc(F)cc2Cl)c(Cl)nc2c(CN=Nc3ccc([N+](=O)[O-])cc3[N+](=O)[O-])cnn12)C(C)(C)C. The summed E-state index contributed by atoms with van der Waals surface area (Å²) in [5.74, 6) is -0.0309. The third kappa shape index (κ3) is 5.84. The zero-order valence-corrected chi connectivity index (χ0v) is 23.2. The molecule has 0 bridgehead atoms. The van der Waals surface area contributed by atoms with Crippen molar-refractivity contribution < 1.29 is 14.2 Å². The molecule has 0 spiro atoms. The summed E-state index contributed by atoms with van der Waals surface area (Å²) in [5.41, 5.74) is 0.409. The molecule has 1 N–H and O–H groups in total. The summed E-state index contributed by atoms with van der Waals surface area (Å²) in [6, 6.07) is 6.96. The van der Waals surface area contributed by atoms with Crippen LogP contribution in [0.1, 0.15) is 33.3 Å². The van der Waals surface area contributed by atoms with Crippen LogP contribution < -0.4 is 5.32 Å². The molecule has 2 heterocycles. The first kappa shape index (κ1) is 28.8. The number of nitrogens with one attached hydrogen (secondary N) is 1. The Kier molecular flexibility index (Phi) is 7.98. The van der Waals surface area contributed by atoms with Gasteiger partial charge in [-0.25, -0.2) is 9.37 Å². The van der Waals surface area contributed by atoms with Crippen LogP contribution >= 0.6 is 23.2 Å². The van der Waals surface area contributed by atoms with Crippen molar-refractivity contribution >= 4 is 51.7 Å². The number of halogens is 3. The molecule has 2 aromatic heterocycles. The number of azo groups is 1. The van der Waals surface area contributed by atoms with Crippen molar-refractivity contribution in [3.05, 3.63) is 84.4 Å². The summed E-state index contributed by atoms with van der Waals surface area (Å²) < 4.78 is 15.3. The second-order valence-electron chi connectivity index (χ2n) is 9.97. The third-order valence-electron chi connectivity index (χ3n) is 6.31. The van der Waals surface area contributed by atoms with Gasteiger partial charge in [-0.3, -0.25) is 20.2 Å². The normalized spacial score (nSPS) is 12.7. The number of benzene rings is 2. The Morgan fingerprint density at radius 3 is 2.48 bits per heavy atom. The molecule has 15 heteroatoms. The number of nitro benzene ring substituents is 2. The number of anilines is 1. The maximum absolute atomic E-state index is 13.8. The highest BCUT2D eigenvalue weighted by Gasteiger charge is 2.26. The van der Waals surface area contributed by atoms with Gasteiger partial charge in [0.2, 0.25) is 0 Å². The quantitative estimate of drug-likeness (QED) is 0.0952. The Bertz CT molecular complexity index is 1670. The van der Waals surface area contributed by atoms with E-state index in [-0.39, 0.29) is 33.9 Å². The van der Waals surface area contributed by atoms with Gasteiger partial charge in [-0.1, -0.05) is 44.0 Å². The molecule has 0 aliphatic rings. The van der Waals surface area contributed by atoms with Gasteiger partial charge in [0.05, 0.1) is 39.2 Å². The van der Waals surface area contributed by atoms with Crippen LogP contribution in [0.15, 0.2) is 52.8 Å². The Labute approximate surface area is 237 Å². The van der Waals surface area contributed by atoms with Gasteiger partial charge >= 0.3 is 5.69 Å². The van der Waals surface area contributed by atoms with Gasteiger partial charge in [-0.2, -0.15) is 14.7 Å². The van der Waals surface area contributed by atoms with Crippen LogP contribution in [0.3, 0.4) is 0 Å². The lowest BCUT2D eigenvalue weighted by atomic mass is 9.88. The zero-order chi connectivity index (χ0) is 29.4. The van der Waals surface area contributed by atoms with Gasteiger partial charge in [-0.05, 0) is 36.6 Å². The predicted molar refractivity (Wildman–Crippen MR) is 149 cm³/mol. The van der Waals surface area contributed by atoms with Crippen molar-refractivity contribution in [3.8, 4) is 11.1 Å². The maximum atomic E-state index is 13.8. The van der Waals surface area contributed by atoms with Crippen LogP contribution in [0.5, 0.6) is 0 Å². The first-order valence-corrected chi connectivity index (χ1v) is 12.6. The van der Waals surface area contributed by atoms with Gasteiger partial charge in [0, 0.05) is 23.2 Å². The molecule has 1 unspecified atom stereocenters. The molecular weight excluding hydrogens is 566 g/mol. The summed E-state index contributed by atoms with van der Waals surface area (Å²) in [5, 5.41) is 38.5. The van der Waals surface area contributed by atoms with Crippen LogP contribution in [0.2, 0.25) is 10.2 Å². The standard InChI is InChI=1S/C25H23Cl2FN8O4/c1-13(25(2,3)4)31-24-21(17-7-5-15(28)9-18(17)26)22(27)32-23-14(12-30-34(23)24)11-29-33-19-8-6-16(35(37)38)10-20(19)36(39)40/h5-10,12-13,31H,11H2,1-4H3. The minimum absolute atomic E-state index is 0.0775. The van der Waals surface area contributed by atoms with E-state index < -0.39 is 27.0 Å². The van der Waals surface area contributed by atoms with E-state index in [9.17, 15) is 24.6 Å². The van der Waals surface area contributed by atoms with E-state index in [1.165, 1.54) is 28.9 Å². The van der Waals surface area contributed by atoms with E-state index >= 15 is 0 Å². The highest BCUT2D eigenvalue weighted by atomic mass is 35.5. The lowest BCUT2D eigenvalue weighted by molar-refractivity contribution is -0.393. The molecule has 2 aromatic carbocycles. The third-order valence-corrected chi connectivity index (χ3v) is 6.90. The molecule has 0 aliphatic heterocycles. The summed E-state index contributed by atoms with van der Waals surface area (Å²) in [7, 11) is 0. The van der Waals surface area contributed by atoms with Crippen molar-refractivity contribution in [2.75, 3.05) is 5.32 Å². The topological polar surface area (TPSA) is 153 Å². The number of hydrogen-bond acceptors (Lipinski definition) is 9. The number of nitrogens with zero attached hydrogens (tertiary/aromatic N) is 7. The molecule has 40 heavy (non-hydrogen) atoms. The van der Waals surface area contributed by atoms with Crippen LogP contribution in [-0.4, -0.2) is 30.5 Å². The van der Waals surface area contributed by atoms with Crippen molar-refractivity contribution in [1.82, 2.24) is 14.6 Å². The van der Waals surface area contributed by atoms with Crippen LogP contribution in [0.25, 0.3) is 16.8 Å². The lowest BCUT2D eigenvalue weighted by Gasteiger charge is -2.30. The van der Waals surface area contributed by atoms with Gasteiger partial charge in [0.15, 0.2) is 11.3 Å². The molecule has 12 nitrogen and oxygen atoms in total. The number of hydrogen-bond donors (Lipinski definition) is 1. The summed E-state index contributed by atoms with van der Waals surface area (Å²) >= 11 is 13.1. The smallest absolute Gasteiger partial charge is 0.303 e. The van der Waals surface area contributed by atoms with Gasteiger partial charge < -0.3 is 5.32 Å². The van der Waals surface area contributed by atoms with Crippen molar-refractivity contribution in [1.29, 1.82) is 0 Å². The molecule has 4 aromatic rings. The maximum Gasteiger partial charge on any atom is 0.303 e. The molecule has 0 radical (unpaired) electrons. The minimum Gasteiger partial charge on any atom is -0.366 e. The van der Waals surface area contributed by atoms with E-state index in [0.29, 0.717) is 28.2 Å². The van der Waals surface area contributed by atoms with E-state index in [1.807, 2.05) is 6.92 Å². The first-order valence-electron chi connectivity index (χ1n) is 11.9. The van der Waals surface area contributed by atoms with E-state index in [2.05, 4.69) is 46.4 Å². The Hall–Kier alpha value is -4.23. The van der Waals surface area contributed by atoms with E-state index in [4.69, 9.17) is 23.2 Å². The van der Waals surface area contributed by atoms with Crippen LogP contribution in [0, 0.1) is 31.5 Å². The molecule has 0 amide bonds. The summed E-state index contributed by atoms with van der Waals surface area (Å²) in [6.07, 6.45) is 1.50. The lowest BCUT2D eigenvalue weighted by Crippen LogP contribution is -2.32. The zero-order valence-electron chi connectivity index (χ0n) is 21.7. The van der Waals surface area contributed by atoms with E-state index in [0.717, 1.165) is 18.2 Å². The molecule has 208 valence electrons. The number of nitro groups is 2. The second kappa shape index (κ2) is 11.1. The molecule has 0 saturated carbocycles. The fraction of sp³-hybridized carbons (Fsp3) is 0.280. The Balaban J connectivity index is 1.79. The second-order valence-corrected chi connectivity index (χ2v) is 10.7. The van der Waals surface area contributed by atoms with Gasteiger partial charge in [0.25, 0.3) is 5.69 Å². The Morgan fingerprint density at radius 1 is 1.12 bits per heavy atom.